The van der Waals surface area contributed by atoms with Gasteiger partial charge in [0.05, 0.1) is 40.1 Å². The third kappa shape index (κ3) is 6.52. The highest BCUT2D eigenvalue weighted by Crippen LogP contribution is 2.18. The molecule has 6 heteroatoms. The van der Waals surface area contributed by atoms with Crippen molar-refractivity contribution in [2.75, 3.05) is 20.8 Å². The normalized spacial score (nSPS) is 14.4. The summed E-state index contributed by atoms with van der Waals surface area (Å²) in [6, 6.07) is 15.0. The van der Waals surface area contributed by atoms with Crippen LogP contribution in [0.5, 0.6) is 11.5 Å². The summed E-state index contributed by atoms with van der Waals surface area (Å²) < 4.78 is 21.9. The molecular formula is C21H28O6. The van der Waals surface area contributed by atoms with Crippen LogP contribution in [0.25, 0.3) is 0 Å². The molecule has 6 nitrogen and oxygen atoms in total. The summed E-state index contributed by atoms with van der Waals surface area (Å²) in [5.41, 5.74) is 1.88. The highest BCUT2D eigenvalue weighted by Gasteiger charge is 2.27. The average molecular weight is 376 g/mol. The molecule has 0 aliphatic heterocycles. The van der Waals surface area contributed by atoms with E-state index in [1.54, 1.807) is 21.1 Å². The van der Waals surface area contributed by atoms with Crippen molar-refractivity contribution < 1.29 is 29.2 Å². The Balaban J connectivity index is 1.94. The Morgan fingerprint density at radius 2 is 1.22 bits per heavy atom. The van der Waals surface area contributed by atoms with Crippen LogP contribution in [0.4, 0.5) is 0 Å². The molecule has 2 aromatic rings. The first-order valence-electron chi connectivity index (χ1n) is 8.85. The van der Waals surface area contributed by atoms with Crippen LogP contribution in [0.15, 0.2) is 48.5 Å². The number of ether oxygens (including phenoxy) is 4. The van der Waals surface area contributed by atoms with E-state index in [0.717, 1.165) is 22.6 Å². The van der Waals surface area contributed by atoms with Gasteiger partial charge >= 0.3 is 0 Å². The lowest BCUT2D eigenvalue weighted by Crippen LogP contribution is -2.42. The maximum Gasteiger partial charge on any atom is 0.118 e. The van der Waals surface area contributed by atoms with Crippen molar-refractivity contribution in [3.05, 3.63) is 59.7 Å². The number of hydrogen-bond acceptors (Lipinski definition) is 6. The zero-order chi connectivity index (χ0) is 19.6. The molecule has 2 rings (SSSR count). The summed E-state index contributed by atoms with van der Waals surface area (Å²) in [5.74, 6) is 1.53. The van der Waals surface area contributed by atoms with E-state index in [0.29, 0.717) is 13.2 Å². The lowest BCUT2D eigenvalue weighted by Gasteiger charge is -2.28. The zero-order valence-electron chi connectivity index (χ0n) is 16.0. The van der Waals surface area contributed by atoms with Gasteiger partial charge in [-0.1, -0.05) is 24.3 Å². The molecule has 0 spiro atoms. The fraction of sp³-hybridized carbons (Fsp3) is 0.429. The predicted octanol–water partition coefficient (Wildman–Crippen LogP) is 2.55. The van der Waals surface area contributed by atoms with Gasteiger partial charge in [0.15, 0.2) is 0 Å². The number of hydrogen-bond donors (Lipinski definition) is 2. The molecule has 0 radical (unpaired) electrons. The third-order valence-corrected chi connectivity index (χ3v) is 4.25. The maximum atomic E-state index is 10.1. The number of aliphatic hydroxyl groups excluding tert-OH is 2. The summed E-state index contributed by atoms with van der Waals surface area (Å²) in [6.07, 6.45) is -2.10. The van der Waals surface area contributed by atoms with Gasteiger partial charge in [0.1, 0.15) is 23.7 Å². The second-order valence-electron chi connectivity index (χ2n) is 6.24. The lowest BCUT2D eigenvalue weighted by molar-refractivity contribution is -0.140. The first-order chi connectivity index (χ1) is 13.1. The Bertz CT molecular complexity index is 653. The minimum atomic E-state index is -0.795. The zero-order valence-corrected chi connectivity index (χ0v) is 16.0. The summed E-state index contributed by atoms with van der Waals surface area (Å²) in [5, 5.41) is 19.8. The molecule has 0 aliphatic carbocycles. The van der Waals surface area contributed by atoms with Crippen LogP contribution in [0.2, 0.25) is 0 Å². The molecule has 3 atom stereocenters. The summed E-state index contributed by atoms with van der Waals surface area (Å²) in [7, 11) is 3.22. The molecule has 0 saturated heterocycles. The molecule has 148 valence electrons. The van der Waals surface area contributed by atoms with E-state index in [1.165, 1.54) is 0 Å². The van der Waals surface area contributed by atoms with Crippen molar-refractivity contribution in [1.29, 1.82) is 0 Å². The van der Waals surface area contributed by atoms with Crippen LogP contribution in [0.3, 0.4) is 0 Å². The topological polar surface area (TPSA) is 77.4 Å². The molecule has 0 bridgehead atoms. The SMILES string of the molecule is COc1ccc(CO[C@@H]([C@H](C)O)[C@H](CO)OCc2ccc(OC)cc2)cc1. The van der Waals surface area contributed by atoms with Crippen molar-refractivity contribution in [2.24, 2.45) is 0 Å². The maximum absolute atomic E-state index is 10.1. The third-order valence-electron chi connectivity index (χ3n) is 4.25. The van der Waals surface area contributed by atoms with E-state index in [1.807, 2.05) is 48.5 Å². The number of methoxy groups -OCH3 is 2. The van der Waals surface area contributed by atoms with Crippen LogP contribution in [-0.2, 0) is 22.7 Å². The van der Waals surface area contributed by atoms with Gasteiger partial charge in [0, 0.05) is 0 Å². The van der Waals surface area contributed by atoms with E-state index in [2.05, 4.69) is 0 Å². The Morgan fingerprint density at radius 3 is 1.59 bits per heavy atom. The van der Waals surface area contributed by atoms with Gasteiger partial charge in [0.25, 0.3) is 0 Å². The minimum absolute atomic E-state index is 0.256. The van der Waals surface area contributed by atoms with Gasteiger partial charge < -0.3 is 29.2 Å². The second kappa shape index (κ2) is 10.9. The number of aliphatic hydroxyl groups is 2. The fourth-order valence-corrected chi connectivity index (χ4v) is 2.65. The second-order valence-corrected chi connectivity index (χ2v) is 6.24. The molecule has 27 heavy (non-hydrogen) atoms. The molecule has 0 heterocycles. The Morgan fingerprint density at radius 1 is 0.778 bits per heavy atom. The molecule has 0 fully saturated rings. The monoisotopic (exact) mass is 376 g/mol. The molecule has 0 saturated carbocycles. The average Bonchev–Trinajstić information content (AvgIpc) is 2.71. The smallest absolute Gasteiger partial charge is 0.118 e. The number of rotatable bonds is 11. The molecule has 2 N–H and O–H groups in total. The molecule has 0 amide bonds. The Labute approximate surface area is 160 Å². The lowest BCUT2D eigenvalue weighted by atomic mass is 10.1. The summed E-state index contributed by atoms with van der Waals surface area (Å²) >= 11 is 0. The van der Waals surface area contributed by atoms with Crippen LogP contribution in [-0.4, -0.2) is 49.4 Å². The molecule has 0 unspecified atom stereocenters. The van der Waals surface area contributed by atoms with Crippen molar-refractivity contribution in [1.82, 2.24) is 0 Å². The van der Waals surface area contributed by atoms with Crippen LogP contribution in [0, 0.1) is 0 Å². The largest absolute Gasteiger partial charge is 0.497 e. The minimum Gasteiger partial charge on any atom is -0.497 e. The van der Waals surface area contributed by atoms with Gasteiger partial charge in [-0.05, 0) is 42.3 Å². The molecule has 0 aromatic heterocycles. The Kier molecular flexibility index (Phi) is 8.54. The van der Waals surface area contributed by atoms with Crippen molar-refractivity contribution in [3.8, 4) is 11.5 Å². The molecule has 2 aromatic carbocycles. The van der Waals surface area contributed by atoms with Crippen molar-refractivity contribution in [2.45, 2.75) is 38.4 Å². The standard InChI is InChI=1S/C21H28O6/c1-15(23)21(27-14-17-6-10-19(25-3)11-7-17)20(12-22)26-13-16-4-8-18(24-2)9-5-16/h4-11,15,20-23H,12-14H2,1-3H3/t15-,20-,21-/m0/s1. The number of benzene rings is 2. The van der Waals surface area contributed by atoms with E-state index >= 15 is 0 Å². The van der Waals surface area contributed by atoms with Gasteiger partial charge in [-0.25, -0.2) is 0 Å². The van der Waals surface area contributed by atoms with Crippen LogP contribution >= 0.6 is 0 Å². The van der Waals surface area contributed by atoms with E-state index < -0.39 is 18.3 Å². The van der Waals surface area contributed by atoms with E-state index in [9.17, 15) is 10.2 Å². The highest BCUT2D eigenvalue weighted by atomic mass is 16.6. The van der Waals surface area contributed by atoms with Gasteiger partial charge in [-0.2, -0.15) is 0 Å². The van der Waals surface area contributed by atoms with Crippen molar-refractivity contribution in [3.63, 3.8) is 0 Å². The van der Waals surface area contributed by atoms with Crippen LogP contribution in [0.1, 0.15) is 18.1 Å². The van der Waals surface area contributed by atoms with Crippen LogP contribution < -0.4 is 9.47 Å². The van der Waals surface area contributed by atoms with E-state index in [-0.39, 0.29) is 6.61 Å². The first kappa shape index (κ1) is 21.2. The van der Waals surface area contributed by atoms with Gasteiger partial charge in [-0.3, -0.25) is 0 Å². The quantitative estimate of drug-likeness (QED) is 0.628. The summed E-state index contributed by atoms with van der Waals surface area (Å²) in [6.45, 7) is 1.96. The fourth-order valence-electron chi connectivity index (χ4n) is 2.65. The predicted molar refractivity (Wildman–Crippen MR) is 102 cm³/mol. The van der Waals surface area contributed by atoms with Gasteiger partial charge in [0.2, 0.25) is 0 Å². The van der Waals surface area contributed by atoms with E-state index in [4.69, 9.17) is 18.9 Å². The Hall–Kier alpha value is -2.12. The summed E-state index contributed by atoms with van der Waals surface area (Å²) in [4.78, 5) is 0. The van der Waals surface area contributed by atoms with Gasteiger partial charge in [-0.15, -0.1) is 0 Å². The first-order valence-corrected chi connectivity index (χ1v) is 8.85. The highest BCUT2D eigenvalue weighted by molar-refractivity contribution is 5.27. The molecule has 0 aliphatic rings. The van der Waals surface area contributed by atoms with Crippen molar-refractivity contribution >= 4 is 0 Å². The molecular weight excluding hydrogens is 348 g/mol.